The van der Waals surface area contributed by atoms with Gasteiger partial charge in [0, 0.05) is 53.7 Å². The standard InChI is InChI=1S/C42H31NOS/c1-25-24-36-39(31-11-4-6-15-35(31)45-36)32-21-22-33-40(38(25)32)43(37-16-7-8-23-42(33,37)2)27-19-17-26(18-20-27)28-12-9-13-30-29-10-3-5-14-34(29)44-41(28)30/h3-22,25H,23-24H2,1-2H3. The van der Waals surface area contributed by atoms with Crippen molar-refractivity contribution in [3.8, 4) is 22.3 Å². The van der Waals surface area contributed by atoms with Gasteiger partial charge in [0.25, 0.3) is 0 Å². The molecule has 0 N–H and O–H groups in total. The molecule has 2 atom stereocenters. The van der Waals surface area contributed by atoms with E-state index in [0.717, 1.165) is 40.3 Å². The lowest BCUT2D eigenvalue weighted by molar-refractivity contribution is 0.577. The Morgan fingerprint density at radius 1 is 0.800 bits per heavy atom. The molecule has 0 spiro atoms. The average molecular weight is 598 g/mol. The van der Waals surface area contributed by atoms with Crippen LogP contribution in [0.3, 0.4) is 0 Å². The van der Waals surface area contributed by atoms with Crippen molar-refractivity contribution in [2.45, 2.75) is 38.0 Å². The maximum absolute atomic E-state index is 6.40. The number of hydrogen-bond donors (Lipinski definition) is 0. The first-order chi connectivity index (χ1) is 22.1. The lowest BCUT2D eigenvalue weighted by Crippen LogP contribution is -2.27. The Morgan fingerprint density at radius 3 is 2.49 bits per heavy atom. The second kappa shape index (κ2) is 9.09. The first-order valence-electron chi connectivity index (χ1n) is 16.0. The average Bonchev–Trinajstić information content (AvgIpc) is 3.72. The van der Waals surface area contributed by atoms with Crippen LogP contribution >= 0.6 is 11.3 Å². The molecule has 2 aliphatic carbocycles. The zero-order valence-electron chi connectivity index (χ0n) is 25.3. The second-order valence-corrected chi connectivity index (χ2v) is 14.2. The molecule has 2 aromatic heterocycles. The monoisotopic (exact) mass is 597 g/mol. The van der Waals surface area contributed by atoms with Gasteiger partial charge in [0.05, 0.1) is 5.69 Å². The zero-order chi connectivity index (χ0) is 29.9. The molecule has 0 radical (unpaired) electrons. The summed E-state index contributed by atoms with van der Waals surface area (Å²) in [6, 6.07) is 37.8. The van der Waals surface area contributed by atoms with E-state index < -0.39 is 0 Å². The van der Waals surface area contributed by atoms with Crippen LogP contribution < -0.4 is 4.90 Å². The number of allylic oxidation sites excluding steroid dienone is 4. The lowest BCUT2D eigenvalue weighted by atomic mass is 9.74. The predicted octanol–water partition coefficient (Wildman–Crippen LogP) is 12.0. The van der Waals surface area contributed by atoms with Crippen LogP contribution in [-0.2, 0) is 11.8 Å². The number of fused-ring (bicyclic) bond motifs is 12. The molecule has 7 aromatic rings. The fourth-order valence-corrected chi connectivity index (χ4v) is 9.75. The van der Waals surface area contributed by atoms with Crippen molar-refractivity contribution in [2.24, 2.45) is 0 Å². The number of anilines is 2. The molecule has 3 heterocycles. The third-order valence-corrected chi connectivity index (χ3v) is 11.7. The van der Waals surface area contributed by atoms with Crippen LogP contribution in [0.2, 0.25) is 0 Å². The largest absolute Gasteiger partial charge is 0.455 e. The predicted molar refractivity (Wildman–Crippen MR) is 190 cm³/mol. The third-order valence-electron chi connectivity index (χ3n) is 10.5. The molecule has 45 heavy (non-hydrogen) atoms. The highest BCUT2D eigenvalue weighted by atomic mass is 32.1. The van der Waals surface area contributed by atoms with E-state index >= 15 is 0 Å². The van der Waals surface area contributed by atoms with Crippen molar-refractivity contribution >= 4 is 54.7 Å². The van der Waals surface area contributed by atoms with E-state index in [4.69, 9.17) is 4.42 Å². The Balaban J connectivity index is 1.16. The summed E-state index contributed by atoms with van der Waals surface area (Å²) in [6.45, 7) is 4.86. The summed E-state index contributed by atoms with van der Waals surface area (Å²) < 4.78 is 7.79. The minimum atomic E-state index is -0.0611. The molecule has 1 aliphatic heterocycles. The maximum atomic E-state index is 6.40. The number of nitrogens with zero attached hydrogens (tertiary/aromatic N) is 1. The molecule has 3 aliphatic rings. The summed E-state index contributed by atoms with van der Waals surface area (Å²) in [4.78, 5) is 4.11. The van der Waals surface area contributed by atoms with Gasteiger partial charge >= 0.3 is 0 Å². The van der Waals surface area contributed by atoms with Gasteiger partial charge in [-0.3, -0.25) is 0 Å². The van der Waals surface area contributed by atoms with E-state index in [0.29, 0.717) is 5.92 Å². The number of benzene rings is 5. The Morgan fingerprint density at radius 2 is 1.60 bits per heavy atom. The van der Waals surface area contributed by atoms with Crippen LogP contribution in [0.4, 0.5) is 11.4 Å². The van der Waals surface area contributed by atoms with Crippen LogP contribution in [0.5, 0.6) is 0 Å². The van der Waals surface area contributed by atoms with Gasteiger partial charge in [0.1, 0.15) is 11.2 Å². The number of para-hydroxylation sites is 2. The molecule has 5 aromatic carbocycles. The summed E-state index contributed by atoms with van der Waals surface area (Å²) in [5.74, 6) is 0.431. The molecule has 216 valence electrons. The van der Waals surface area contributed by atoms with Gasteiger partial charge in [0.15, 0.2) is 0 Å². The minimum absolute atomic E-state index is 0.0611. The van der Waals surface area contributed by atoms with Crippen LogP contribution in [0, 0.1) is 0 Å². The molecular formula is C42H31NOS. The Kier molecular flexibility index (Phi) is 5.14. The molecule has 2 nitrogen and oxygen atoms in total. The molecule has 0 bridgehead atoms. The van der Waals surface area contributed by atoms with Gasteiger partial charge in [-0.1, -0.05) is 97.9 Å². The number of hydrogen-bond acceptors (Lipinski definition) is 3. The fraction of sp³-hybridized carbons (Fsp3) is 0.143. The normalized spacial score (nSPS) is 19.9. The SMILES string of the molecule is CC1Cc2sc3ccccc3c2-c2ccc3c(c21)N(c1ccc(-c2cccc4c2oc2ccccc24)cc1)C1=CC=CCC13C. The van der Waals surface area contributed by atoms with Gasteiger partial charge < -0.3 is 9.32 Å². The van der Waals surface area contributed by atoms with Crippen molar-refractivity contribution in [1.82, 2.24) is 0 Å². The lowest BCUT2D eigenvalue weighted by Gasteiger charge is -2.32. The highest BCUT2D eigenvalue weighted by Crippen LogP contribution is 2.60. The molecular weight excluding hydrogens is 567 g/mol. The van der Waals surface area contributed by atoms with Crippen LogP contribution in [0.1, 0.15) is 42.2 Å². The Hall–Kier alpha value is -4.86. The molecule has 3 heteroatoms. The van der Waals surface area contributed by atoms with Crippen molar-refractivity contribution in [3.05, 3.63) is 143 Å². The zero-order valence-corrected chi connectivity index (χ0v) is 26.1. The summed E-state index contributed by atoms with van der Waals surface area (Å²) in [5, 5.41) is 3.72. The van der Waals surface area contributed by atoms with Crippen LogP contribution in [0.25, 0.3) is 54.3 Å². The van der Waals surface area contributed by atoms with Gasteiger partial charge in [-0.2, -0.15) is 0 Å². The van der Waals surface area contributed by atoms with E-state index in [1.165, 1.54) is 59.9 Å². The molecule has 0 saturated heterocycles. The van der Waals surface area contributed by atoms with Gasteiger partial charge in [0.2, 0.25) is 0 Å². The number of thiophene rings is 1. The highest BCUT2D eigenvalue weighted by Gasteiger charge is 2.47. The van der Waals surface area contributed by atoms with Crippen molar-refractivity contribution in [1.29, 1.82) is 0 Å². The van der Waals surface area contributed by atoms with Crippen LogP contribution in [0.15, 0.2) is 131 Å². The van der Waals surface area contributed by atoms with E-state index in [1.807, 2.05) is 17.4 Å². The first kappa shape index (κ1) is 25.5. The Labute approximate surface area is 266 Å². The summed E-state index contributed by atoms with van der Waals surface area (Å²) in [7, 11) is 0. The minimum Gasteiger partial charge on any atom is -0.455 e. The van der Waals surface area contributed by atoms with Gasteiger partial charge in [-0.15, -0.1) is 11.3 Å². The quantitative estimate of drug-likeness (QED) is 0.197. The van der Waals surface area contributed by atoms with Crippen LogP contribution in [-0.4, -0.2) is 0 Å². The van der Waals surface area contributed by atoms with Crippen molar-refractivity contribution in [2.75, 3.05) is 4.90 Å². The van der Waals surface area contributed by atoms with Crippen molar-refractivity contribution < 1.29 is 4.42 Å². The number of furan rings is 1. The van der Waals surface area contributed by atoms with E-state index in [-0.39, 0.29) is 5.41 Å². The summed E-state index contributed by atoms with van der Waals surface area (Å²) in [5.41, 5.74) is 13.9. The molecule has 0 fully saturated rings. The molecule has 10 rings (SSSR count). The fourth-order valence-electron chi connectivity index (χ4n) is 8.40. The molecule has 0 amide bonds. The molecule has 2 unspecified atom stereocenters. The van der Waals surface area contributed by atoms with Gasteiger partial charge in [-0.25, -0.2) is 0 Å². The smallest absolute Gasteiger partial charge is 0.143 e. The number of rotatable bonds is 2. The second-order valence-electron chi connectivity index (χ2n) is 13.1. The van der Waals surface area contributed by atoms with Crippen molar-refractivity contribution in [3.63, 3.8) is 0 Å². The topological polar surface area (TPSA) is 16.4 Å². The molecule has 0 saturated carbocycles. The van der Waals surface area contributed by atoms with E-state index in [9.17, 15) is 0 Å². The van der Waals surface area contributed by atoms with E-state index in [1.54, 1.807) is 0 Å². The maximum Gasteiger partial charge on any atom is 0.143 e. The summed E-state index contributed by atoms with van der Waals surface area (Å²) in [6.07, 6.45) is 9.01. The van der Waals surface area contributed by atoms with Gasteiger partial charge in [-0.05, 0) is 78.3 Å². The Bertz CT molecular complexity index is 2420. The first-order valence-corrected chi connectivity index (χ1v) is 16.8. The van der Waals surface area contributed by atoms with E-state index in [2.05, 4.69) is 134 Å². The highest BCUT2D eigenvalue weighted by molar-refractivity contribution is 7.19. The third kappa shape index (κ3) is 3.39. The summed E-state index contributed by atoms with van der Waals surface area (Å²) >= 11 is 1.98.